The molecule has 0 aromatic rings. The molecule has 0 bridgehead atoms. The summed E-state index contributed by atoms with van der Waals surface area (Å²) in [6.45, 7) is 9.77. The number of hydrogen-bond donors (Lipinski definition) is 1. The molecule has 0 amide bonds. The molecule has 1 N–H and O–H groups in total. The molecule has 68 valence electrons. The van der Waals surface area contributed by atoms with Crippen molar-refractivity contribution in [3.8, 4) is 0 Å². The molecule has 2 atom stereocenters. The second-order valence-electron chi connectivity index (χ2n) is 3.92. The Balaban J connectivity index is 3.88. The van der Waals surface area contributed by atoms with Gasteiger partial charge in [-0.1, -0.05) is 6.92 Å². The molecule has 0 rings (SSSR count). The number of hydrogen-bond acceptors (Lipinski definition) is 2. The summed E-state index contributed by atoms with van der Waals surface area (Å²) in [5.74, 6) is 0. The van der Waals surface area contributed by atoms with E-state index in [-0.39, 0.29) is 17.8 Å². The van der Waals surface area contributed by atoms with Gasteiger partial charge in [-0.25, -0.2) is 0 Å². The van der Waals surface area contributed by atoms with E-state index in [9.17, 15) is 5.11 Å². The standard InChI is InChI=1S/C9H20O2/c1-6-8(7(2)10)11-9(3,4)5/h7-8,10H,6H2,1-5H3. The molecule has 11 heavy (non-hydrogen) atoms. The van der Waals surface area contributed by atoms with Gasteiger partial charge >= 0.3 is 0 Å². The molecule has 2 unspecified atom stereocenters. The second kappa shape index (κ2) is 4.07. The highest BCUT2D eigenvalue weighted by atomic mass is 16.5. The van der Waals surface area contributed by atoms with Gasteiger partial charge in [0.25, 0.3) is 0 Å². The lowest BCUT2D eigenvalue weighted by Crippen LogP contribution is -2.34. The highest BCUT2D eigenvalue weighted by molar-refractivity contribution is 4.68. The van der Waals surface area contributed by atoms with Crippen molar-refractivity contribution in [1.29, 1.82) is 0 Å². The van der Waals surface area contributed by atoms with E-state index in [0.29, 0.717) is 0 Å². The predicted octanol–water partition coefficient (Wildman–Crippen LogP) is 1.96. The van der Waals surface area contributed by atoms with Crippen LogP contribution in [0.2, 0.25) is 0 Å². The molecule has 0 aliphatic carbocycles. The Hall–Kier alpha value is -0.0800. The van der Waals surface area contributed by atoms with Crippen molar-refractivity contribution in [2.45, 2.75) is 58.8 Å². The van der Waals surface area contributed by atoms with Crippen molar-refractivity contribution in [1.82, 2.24) is 0 Å². The van der Waals surface area contributed by atoms with Crippen molar-refractivity contribution >= 4 is 0 Å². The van der Waals surface area contributed by atoms with E-state index in [1.54, 1.807) is 6.92 Å². The maximum Gasteiger partial charge on any atom is 0.0835 e. The summed E-state index contributed by atoms with van der Waals surface area (Å²) in [6.07, 6.45) is 0.448. The minimum absolute atomic E-state index is 0.0324. The summed E-state index contributed by atoms with van der Waals surface area (Å²) in [5.41, 5.74) is -0.155. The highest BCUT2D eigenvalue weighted by Crippen LogP contribution is 2.15. The first-order valence-electron chi connectivity index (χ1n) is 4.22. The number of aliphatic hydroxyl groups excluding tert-OH is 1. The van der Waals surface area contributed by atoms with E-state index >= 15 is 0 Å². The molecule has 0 saturated carbocycles. The fourth-order valence-corrected chi connectivity index (χ4v) is 0.977. The Morgan fingerprint density at radius 1 is 1.36 bits per heavy atom. The Morgan fingerprint density at radius 3 is 1.91 bits per heavy atom. The third-order valence-electron chi connectivity index (χ3n) is 1.45. The van der Waals surface area contributed by atoms with Gasteiger partial charge in [0, 0.05) is 0 Å². The van der Waals surface area contributed by atoms with E-state index < -0.39 is 0 Å². The third kappa shape index (κ3) is 5.22. The summed E-state index contributed by atoms with van der Waals surface area (Å²) in [6, 6.07) is 0. The smallest absolute Gasteiger partial charge is 0.0835 e. The summed E-state index contributed by atoms with van der Waals surface area (Å²) in [7, 11) is 0. The third-order valence-corrected chi connectivity index (χ3v) is 1.45. The van der Waals surface area contributed by atoms with Gasteiger partial charge in [-0.15, -0.1) is 0 Å². The summed E-state index contributed by atoms with van der Waals surface area (Å²) >= 11 is 0. The first kappa shape index (κ1) is 10.9. The molecular formula is C9H20O2. The van der Waals surface area contributed by atoms with E-state index in [1.165, 1.54) is 0 Å². The van der Waals surface area contributed by atoms with E-state index in [1.807, 2.05) is 27.7 Å². The summed E-state index contributed by atoms with van der Waals surface area (Å²) in [4.78, 5) is 0. The van der Waals surface area contributed by atoms with Gasteiger partial charge < -0.3 is 9.84 Å². The fraction of sp³-hybridized carbons (Fsp3) is 1.00. The van der Waals surface area contributed by atoms with Crippen LogP contribution in [0, 0.1) is 0 Å². The molecule has 0 saturated heterocycles. The van der Waals surface area contributed by atoms with E-state index in [2.05, 4.69) is 0 Å². The summed E-state index contributed by atoms with van der Waals surface area (Å²) in [5, 5.41) is 9.25. The maximum absolute atomic E-state index is 9.25. The van der Waals surface area contributed by atoms with Crippen molar-refractivity contribution in [3.05, 3.63) is 0 Å². The van der Waals surface area contributed by atoms with Crippen LogP contribution < -0.4 is 0 Å². The molecule has 0 heterocycles. The number of ether oxygens (including phenoxy) is 1. The van der Waals surface area contributed by atoms with Crippen molar-refractivity contribution in [3.63, 3.8) is 0 Å². The van der Waals surface area contributed by atoms with E-state index in [4.69, 9.17) is 4.74 Å². The summed E-state index contributed by atoms with van der Waals surface area (Å²) < 4.78 is 5.60. The first-order chi connectivity index (χ1) is 4.87. The van der Waals surface area contributed by atoms with Crippen molar-refractivity contribution in [2.24, 2.45) is 0 Å². The van der Waals surface area contributed by atoms with Crippen LogP contribution >= 0.6 is 0 Å². The van der Waals surface area contributed by atoms with Crippen LogP contribution in [-0.2, 0) is 4.74 Å². The minimum atomic E-state index is -0.376. The van der Waals surface area contributed by atoms with Crippen LogP contribution in [0.1, 0.15) is 41.0 Å². The largest absolute Gasteiger partial charge is 0.391 e. The average molecular weight is 160 g/mol. The van der Waals surface area contributed by atoms with Crippen LogP contribution in [0.4, 0.5) is 0 Å². The molecule has 0 spiro atoms. The molecule has 2 nitrogen and oxygen atoms in total. The van der Waals surface area contributed by atoms with Gasteiger partial charge in [0.15, 0.2) is 0 Å². The molecular weight excluding hydrogens is 140 g/mol. The monoisotopic (exact) mass is 160 g/mol. The zero-order valence-electron chi connectivity index (χ0n) is 8.22. The van der Waals surface area contributed by atoms with Gasteiger partial charge in [0.2, 0.25) is 0 Å². The Labute approximate surface area is 69.6 Å². The first-order valence-corrected chi connectivity index (χ1v) is 4.22. The Morgan fingerprint density at radius 2 is 1.82 bits per heavy atom. The van der Waals surface area contributed by atoms with Gasteiger partial charge in [-0.3, -0.25) is 0 Å². The molecule has 0 radical (unpaired) electrons. The zero-order chi connectivity index (χ0) is 9.07. The maximum atomic E-state index is 9.25. The van der Waals surface area contributed by atoms with Crippen LogP contribution in [0.25, 0.3) is 0 Å². The second-order valence-corrected chi connectivity index (χ2v) is 3.92. The molecule has 0 aromatic heterocycles. The minimum Gasteiger partial charge on any atom is -0.391 e. The molecule has 2 heteroatoms. The van der Waals surface area contributed by atoms with Gasteiger partial charge in [-0.05, 0) is 34.1 Å². The Bertz CT molecular complexity index is 103. The molecule has 0 aliphatic heterocycles. The van der Waals surface area contributed by atoms with Gasteiger partial charge in [0.1, 0.15) is 0 Å². The zero-order valence-corrected chi connectivity index (χ0v) is 8.22. The number of rotatable bonds is 3. The Kier molecular flexibility index (Phi) is 4.04. The molecule has 0 fully saturated rings. The quantitative estimate of drug-likeness (QED) is 0.684. The molecule has 0 aliphatic rings. The fourth-order valence-electron chi connectivity index (χ4n) is 0.977. The van der Waals surface area contributed by atoms with E-state index in [0.717, 1.165) is 6.42 Å². The highest BCUT2D eigenvalue weighted by Gasteiger charge is 2.20. The van der Waals surface area contributed by atoms with Crippen molar-refractivity contribution < 1.29 is 9.84 Å². The van der Waals surface area contributed by atoms with Crippen LogP contribution in [0.5, 0.6) is 0 Å². The van der Waals surface area contributed by atoms with Crippen LogP contribution in [0.3, 0.4) is 0 Å². The SMILES string of the molecule is CCC(OC(C)(C)C)C(C)O. The molecule has 0 aromatic carbocycles. The van der Waals surface area contributed by atoms with Gasteiger partial charge in [0.05, 0.1) is 17.8 Å². The van der Waals surface area contributed by atoms with Crippen LogP contribution in [0.15, 0.2) is 0 Å². The van der Waals surface area contributed by atoms with Gasteiger partial charge in [-0.2, -0.15) is 0 Å². The topological polar surface area (TPSA) is 29.5 Å². The van der Waals surface area contributed by atoms with Crippen molar-refractivity contribution in [2.75, 3.05) is 0 Å². The predicted molar refractivity (Wildman–Crippen MR) is 46.6 cm³/mol. The lowest BCUT2D eigenvalue weighted by molar-refractivity contribution is -0.106. The normalized spacial score (nSPS) is 18.0. The number of aliphatic hydroxyl groups is 1. The lowest BCUT2D eigenvalue weighted by atomic mass is 10.1. The average Bonchev–Trinajstić information content (AvgIpc) is 1.80. The lowest BCUT2D eigenvalue weighted by Gasteiger charge is -2.28. The van der Waals surface area contributed by atoms with Crippen LogP contribution in [-0.4, -0.2) is 22.9 Å².